The fourth-order valence-corrected chi connectivity index (χ4v) is 2.94. The van der Waals surface area contributed by atoms with E-state index in [1.54, 1.807) is 11.8 Å². The quantitative estimate of drug-likeness (QED) is 0.716. The summed E-state index contributed by atoms with van der Waals surface area (Å²) in [5, 5.41) is 9.43. The molecule has 0 saturated carbocycles. The number of thioether (sulfide) groups is 1. The highest BCUT2D eigenvalue weighted by Gasteiger charge is 2.36. The van der Waals surface area contributed by atoms with E-state index in [9.17, 15) is 0 Å². The minimum Gasteiger partial charge on any atom is -0.188 e. The molecule has 0 N–H and O–H groups in total. The van der Waals surface area contributed by atoms with Crippen LogP contribution in [-0.4, -0.2) is 27.0 Å². The maximum absolute atomic E-state index is 4.20. The molecule has 0 saturated heterocycles. The Morgan fingerprint density at radius 2 is 2.06 bits per heavy atom. The summed E-state index contributed by atoms with van der Waals surface area (Å²) in [4.78, 5) is 0. The first kappa shape index (κ1) is 9.78. The molecule has 0 spiro atoms. The molecule has 0 radical (unpaired) electrons. The third-order valence-corrected chi connectivity index (χ3v) is 3.67. The summed E-state index contributed by atoms with van der Waals surface area (Å²) < 4.78 is 2.19. The van der Waals surface area contributed by atoms with Crippen LogP contribution in [0.5, 0.6) is 0 Å². The van der Waals surface area contributed by atoms with Crippen LogP contribution in [0, 0.1) is 0 Å². The van der Waals surface area contributed by atoms with Crippen molar-refractivity contribution in [3.05, 3.63) is 35.9 Å². The fraction of sp³-hybridized carbons (Fsp3) is 0.250. The van der Waals surface area contributed by atoms with Gasteiger partial charge in [-0.25, -0.2) is 0 Å². The number of hydrogen-bond donors (Lipinski definition) is 0. The molecule has 2 heterocycles. The van der Waals surface area contributed by atoms with Crippen LogP contribution in [0.4, 0.5) is 0 Å². The van der Waals surface area contributed by atoms with E-state index in [0.29, 0.717) is 0 Å². The summed E-state index contributed by atoms with van der Waals surface area (Å²) in [6, 6.07) is 10.5. The van der Waals surface area contributed by atoms with Gasteiger partial charge in [-0.05, 0) is 11.8 Å². The number of nitrogens with zero attached hydrogens (tertiary/aromatic N) is 3. The standard InChI is InChI=1S/C12H12N3S/c1-2-11-13-14-12-15(11)10(8-16-12)9-6-4-3-5-7-9/h3-7H,2,8H2,1H3/q+1. The Kier molecular flexibility index (Phi) is 2.36. The van der Waals surface area contributed by atoms with Crippen LogP contribution in [0.3, 0.4) is 0 Å². The van der Waals surface area contributed by atoms with Crippen molar-refractivity contribution < 1.29 is 4.58 Å². The molecule has 0 bridgehead atoms. The average Bonchev–Trinajstić information content (AvgIpc) is 2.90. The van der Waals surface area contributed by atoms with Gasteiger partial charge in [0, 0.05) is 12.0 Å². The summed E-state index contributed by atoms with van der Waals surface area (Å²) in [7, 11) is 0. The Bertz CT molecular complexity index is 514. The molecule has 3 rings (SSSR count). The Labute approximate surface area is 98.6 Å². The molecule has 4 heteroatoms. The smallest absolute Gasteiger partial charge is 0.188 e. The lowest BCUT2D eigenvalue weighted by atomic mass is 10.1. The molecule has 80 valence electrons. The van der Waals surface area contributed by atoms with Gasteiger partial charge < -0.3 is 0 Å². The molecular formula is C12H12N3S+. The number of rotatable bonds is 2. The second-order valence-electron chi connectivity index (χ2n) is 3.69. The summed E-state index contributed by atoms with van der Waals surface area (Å²) in [5.74, 6) is 2.04. The second-order valence-corrected chi connectivity index (χ2v) is 4.63. The van der Waals surface area contributed by atoms with Crippen molar-refractivity contribution in [3.8, 4) is 0 Å². The SMILES string of the molecule is CCC1=NN=C2SCC(c3ccccc3)=[N+]12. The van der Waals surface area contributed by atoms with Crippen molar-refractivity contribution in [2.45, 2.75) is 13.3 Å². The first-order valence-corrected chi connectivity index (χ1v) is 6.37. The van der Waals surface area contributed by atoms with E-state index in [1.807, 2.05) is 6.07 Å². The number of fused-ring (bicyclic) bond motifs is 1. The third-order valence-electron chi connectivity index (χ3n) is 2.73. The monoisotopic (exact) mass is 230 g/mol. The second kappa shape index (κ2) is 3.87. The summed E-state index contributed by atoms with van der Waals surface area (Å²) in [6.07, 6.45) is 0.921. The highest BCUT2D eigenvalue weighted by atomic mass is 32.2. The van der Waals surface area contributed by atoms with Gasteiger partial charge in [0.15, 0.2) is 0 Å². The van der Waals surface area contributed by atoms with Gasteiger partial charge in [0.2, 0.25) is 0 Å². The highest BCUT2D eigenvalue weighted by Crippen LogP contribution is 2.23. The van der Waals surface area contributed by atoms with Crippen molar-refractivity contribution in [2.75, 3.05) is 5.75 Å². The lowest BCUT2D eigenvalue weighted by Crippen LogP contribution is -2.24. The largest absolute Gasteiger partial charge is 0.346 e. The lowest BCUT2D eigenvalue weighted by Gasteiger charge is -2.01. The minimum atomic E-state index is 0.921. The van der Waals surface area contributed by atoms with Crippen LogP contribution in [0.15, 0.2) is 40.5 Å². The zero-order valence-corrected chi connectivity index (χ0v) is 9.87. The Morgan fingerprint density at radius 3 is 2.81 bits per heavy atom. The zero-order valence-electron chi connectivity index (χ0n) is 9.05. The Hall–Kier alpha value is -1.42. The van der Waals surface area contributed by atoms with E-state index in [4.69, 9.17) is 0 Å². The third kappa shape index (κ3) is 1.41. The van der Waals surface area contributed by atoms with Crippen molar-refractivity contribution in [2.24, 2.45) is 10.2 Å². The molecular weight excluding hydrogens is 218 g/mol. The molecule has 3 nitrogen and oxygen atoms in total. The van der Waals surface area contributed by atoms with E-state index in [-0.39, 0.29) is 0 Å². The van der Waals surface area contributed by atoms with Gasteiger partial charge in [0.25, 0.3) is 5.84 Å². The molecule has 0 amide bonds. The maximum Gasteiger partial charge on any atom is 0.346 e. The normalized spacial score (nSPS) is 18.6. The summed E-state index contributed by atoms with van der Waals surface area (Å²) in [5.41, 5.74) is 2.57. The van der Waals surface area contributed by atoms with E-state index in [0.717, 1.165) is 23.2 Å². The molecule has 0 aliphatic carbocycles. The van der Waals surface area contributed by atoms with Gasteiger partial charge >= 0.3 is 5.17 Å². The van der Waals surface area contributed by atoms with Gasteiger partial charge in [-0.15, -0.1) is 0 Å². The molecule has 0 atom stereocenters. The molecule has 2 aliphatic rings. The van der Waals surface area contributed by atoms with Crippen molar-refractivity contribution in [1.82, 2.24) is 0 Å². The number of benzene rings is 1. The summed E-state index contributed by atoms with van der Waals surface area (Å²) in [6.45, 7) is 2.11. The first-order chi connectivity index (χ1) is 7.90. The maximum atomic E-state index is 4.20. The van der Waals surface area contributed by atoms with E-state index < -0.39 is 0 Å². The highest BCUT2D eigenvalue weighted by molar-refractivity contribution is 8.14. The van der Waals surface area contributed by atoms with Gasteiger partial charge in [-0.2, -0.15) is 4.58 Å². The number of amidine groups is 2. The first-order valence-electron chi connectivity index (χ1n) is 5.39. The van der Waals surface area contributed by atoms with E-state index in [2.05, 4.69) is 46.0 Å². The van der Waals surface area contributed by atoms with Gasteiger partial charge in [-0.3, -0.25) is 0 Å². The van der Waals surface area contributed by atoms with Gasteiger partial charge in [-0.1, -0.05) is 37.3 Å². The molecule has 0 aromatic heterocycles. The van der Waals surface area contributed by atoms with Crippen molar-refractivity contribution in [1.29, 1.82) is 0 Å². The molecule has 2 aliphatic heterocycles. The topological polar surface area (TPSA) is 27.7 Å². The molecule has 1 aromatic carbocycles. The van der Waals surface area contributed by atoms with Gasteiger partial charge in [0.1, 0.15) is 5.71 Å². The summed E-state index contributed by atoms with van der Waals surface area (Å²) >= 11 is 1.76. The van der Waals surface area contributed by atoms with Crippen LogP contribution >= 0.6 is 11.8 Å². The predicted molar refractivity (Wildman–Crippen MR) is 68.4 cm³/mol. The molecule has 16 heavy (non-hydrogen) atoms. The van der Waals surface area contributed by atoms with Crippen LogP contribution in [0.2, 0.25) is 0 Å². The average molecular weight is 230 g/mol. The Morgan fingerprint density at radius 1 is 1.25 bits per heavy atom. The fourth-order valence-electron chi connectivity index (χ4n) is 1.93. The predicted octanol–water partition coefficient (Wildman–Crippen LogP) is 2.33. The van der Waals surface area contributed by atoms with Crippen LogP contribution < -0.4 is 0 Å². The van der Waals surface area contributed by atoms with E-state index >= 15 is 0 Å². The van der Waals surface area contributed by atoms with Crippen molar-refractivity contribution >= 4 is 28.5 Å². The van der Waals surface area contributed by atoms with Crippen LogP contribution in [0.1, 0.15) is 18.9 Å². The molecule has 0 fully saturated rings. The van der Waals surface area contributed by atoms with Crippen LogP contribution in [0.25, 0.3) is 0 Å². The number of hydrogen-bond acceptors (Lipinski definition) is 3. The zero-order chi connectivity index (χ0) is 11.0. The van der Waals surface area contributed by atoms with Gasteiger partial charge in [0.05, 0.1) is 16.0 Å². The van der Waals surface area contributed by atoms with Crippen LogP contribution in [-0.2, 0) is 0 Å². The molecule has 0 unspecified atom stereocenters. The van der Waals surface area contributed by atoms with Crippen molar-refractivity contribution in [3.63, 3.8) is 0 Å². The van der Waals surface area contributed by atoms with E-state index in [1.165, 1.54) is 11.3 Å². The molecule has 1 aromatic rings. The Balaban J connectivity index is 2.11. The lowest BCUT2D eigenvalue weighted by molar-refractivity contribution is -0.257. The minimum absolute atomic E-state index is 0.921.